The minimum absolute atomic E-state index is 0.142. The molecule has 0 N–H and O–H groups in total. The topological polar surface area (TPSA) is 0 Å². The summed E-state index contributed by atoms with van der Waals surface area (Å²) in [6.07, 6.45) is 3.35. The standard InChI is InChI=1S/C38H12F14/c39-25-19(27(41)29(43)23-21(25)31(45)35(49)37(51)33(23)47)11-9-17-13-5-1-2-6-14(13)18(16-8-4-3-7-15(16)17)10-12-20-26(40)22-24(30(44)28(20)42)34(48)38(52)36(50)32(22)46/h1-12H. The Bertz CT molecular complexity index is 2540. The van der Waals surface area contributed by atoms with Gasteiger partial charge in [0, 0.05) is 11.1 Å². The zero-order valence-corrected chi connectivity index (χ0v) is 25.2. The van der Waals surface area contributed by atoms with Crippen LogP contribution in [0.3, 0.4) is 0 Å². The van der Waals surface area contributed by atoms with Gasteiger partial charge in [0.1, 0.15) is 11.6 Å². The van der Waals surface area contributed by atoms with Gasteiger partial charge in [-0.05, 0) is 44.8 Å². The quantitative estimate of drug-likeness (QED) is 0.0555. The van der Waals surface area contributed by atoms with Crippen molar-refractivity contribution in [3.05, 3.63) is 152 Å². The van der Waals surface area contributed by atoms with Crippen LogP contribution in [0.15, 0.2) is 48.5 Å². The van der Waals surface area contributed by atoms with E-state index in [0.29, 0.717) is 12.2 Å². The van der Waals surface area contributed by atoms with Crippen LogP contribution in [0, 0.1) is 81.4 Å². The average molecular weight is 734 g/mol. The number of halogens is 14. The Labute approximate surface area is 281 Å². The second kappa shape index (κ2) is 12.4. The Morgan fingerprint density at radius 3 is 0.712 bits per heavy atom. The molecule has 0 radical (unpaired) electrons. The summed E-state index contributed by atoms with van der Waals surface area (Å²) in [6.45, 7) is 0. The smallest absolute Gasteiger partial charge is 0.198 e. The lowest BCUT2D eigenvalue weighted by Crippen LogP contribution is -2.06. The van der Waals surface area contributed by atoms with E-state index in [-0.39, 0.29) is 32.7 Å². The maximum absolute atomic E-state index is 15.5. The van der Waals surface area contributed by atoms with Crippen LogP contribution in [-0.2, 0) is 0 Å². The number of benzene rings is 7. The second-order valence-corrected chi connectivity index (χ2v) is 11.3. The molecule has 262 valence electrons. The fourth-order valence-corrected chi connectivity index (χ4v) is 6.19. The van der Waals surface area contributed by atoms with Crippen molar-refractivity contribution in [2.24, 2.45) is 0 Å². The van der Waals surface area contributed by atoms with Crippen LogP contribution in [0.2, 0.25) is 0 Å². The van der Waals surface area contributed by atoms with E-state index >= 15 is 17.6 Å². The minimum atomic E-state index is -2.49. The van der Waals surface area contributed by atoms with Gasteiger partial charge in [-0.3, -0.25) is 0 Å². The highest BCUT2D eigenvalue weighted by Gasteiger charge is 2.31. The molecule has 7 aromatic carbocycles. The molecule has 0 amide bonds. The molecule has 0 spiro atoms. The van der Waals surface area contributed by atoms with Gasteiger partial charge in [-0.1, -0.05) is 60.7 Å². The second-order valence-electron chi connectivity index (χ2n) is 11.3. The van der Waals surface area contributed by atoms with Crippen LogP contribution < -0.4 is 0 Å². The van der Waals surface area contributed by atoms with E-state index in [1.165, 1.54) is 48.5 Å². The number of rotatable bonds is 4. The molecule has 0 heterocycles. The van der Waals surface area contributed by atoms with Crippen molar-refractivity contribution >= 4 is 67.4 Å². The van der Waals surface area contributed by atoms with Gasteiger partial charge < -0.3 is 0 Å². The fraction of sp³-hybridized carbons (Fsp3) is 0. The van der Waals surface area contributed by atoms with Crippen molar-refractivity contribution in [3.63, 3.8) is 0 Å². The molecule has 7 rings (SSSR count). The van der Waals surface area contributed by atoms with E-state index in [1.807, 2.05) is 0 Å². The zero-order chi connectivity index (χ0) is 37.5. The molecule has 0 saturated carbocycles. The summed E-state index contributed by atoms with van der Waals surface area (Å²) in [7, 11) is 0. The molecule has 0 fully saturated rings. The summed E-state index contributed by atoms with van der Waals surface area (Å²) in [5.41, 5.74) is -2.31. The van der Waals surface area contributed by atoms with Crippen LogP contribution in [0.5, 0.6) is 0 Å². The number of hydrogen-bond donors (Lipinski definition) is 0. The maximum Gasteiger partial charge on any atom is 0.198 e. The van der Waals surface area contributed by atoms with E-state index in [2.05, 4.69) is 0 Å². The zero-order valence-electron chi connectivity index (χ0n) is 25.2. The van der Waals surface area contributed by atoms with Crippen molar-refractivity contribution in [2.75, 3.05) is 0 Å². The third-order valence-corrected chi connectivity index (χ3v) is 8.59. The van der Waals surface area contributed by atoms with Crippen LogP contribution in [-0.4, -0.2) is 0 Å². The van der Waals surface area contributed by atoms with Crippen molar-refractivity contribution in [3.8, 4) is 0 Å². The Morgan fingerprint density at radius 1 is 0.231 bits per heavy atom. The molecule has 14 heteroatoms. The average Bonchev–Trinajstić information content (AvgIpc) is 3.14. The Morgan fingerprint density at radius 2 is 0.442 bits per heavy atom. The summed E-state index contributed by atoms with van der Waals surface area (Å²) in [5.74, 6) is -31.7. The normalized spacial score (nSPS) is 12.3. The first kappa shape index (κ1) is 34.5. The van der Waals surface area contributed by atoms with Crippen molar-refractivity contribution in [2.45, 2.75) is 0 Å². The summed E-state index contributed by atoms with van der Waals surface area (Å²) in [6, 6.07) is 11.8. The van der Waals surface area contributed by atoms with Crippen molar-refractivity contribution in [1.29, 1.82) is 0 Å². The molecule has 0 aliphatic heterocycles. The van der Waals surface area contributed by atoms with Gasteiger partial charge in [0.25, 0.3) is 0 Å². The van der Waals surface area contributed by atoms with Gasteiger partial charge >= 0.3 is 0 Å². The third-order valence-electron chi connectivity index (χ3n) is 8.59. The highest BCUT2D eigenvalue weighted by atomic mass is 19.2. The van der Waals surface area contributed by atoms with Gasteiger partial charge in [-0.2, -0.15) is 0 Å². The van der Waals surface area contributed by atoms with E-state index < -0.39 is 114 Å². The van der Waals surface area contributed by atoms with E-state index in [1.54, 1.807) is 0 Å². The molecule has 0 bridgehead atoms. The molecule has 0 aliphatic carbocycles. The van der Waals surface area contributed by atoms with Gasteiger partial charge in [0.15, 0.2) is 69.8 Å². The third kappa shape index (κ3) is 4.83. The molecule has 0 saturated heterocycles. The summed E-state index contributed by atoms with van der Waals surface area (Å²) in [4.78, 5) is 0. The lowest BCUT2D eigenvalue weighted by atomic mass is 9.90. The van der Waals surface area contributed by atoms with Gasteiger partial charge in [0.2, 0.25) is 0 Å². The fourth-order valence-electron chi connectivity index (χ4n) is 6.19. The lowest BCUT2D eigenvalue weighted by molar-refractivity contribution is 0.411. The van der Waals surface area contributed by atoms with E-state index in [0.717, 1.165) is 12.2 Å². The Kier molecular flexibility index (Phi) is 8.23. The first-order chi connectivity index (χ1) is 24.7. The lowest BCUT2D eigenvalue weighted by Gasteiger charge is -2.14. The number of hydrogen-bond acceptors (Lipinski definition) is 0. The first-order valence-electron chi connectivity index (χ1n) is 14.6. The first-order valence-corrected chi connectivity index (χ1v) is 14.6. The van der Waals surface area contributed by atoms with E-state index in [4.69, 9.17) is 0 Å². The Hall–Kier alpha value is -5.92. The summed E-state index contributed by atoms with van der Waals surface area (Å²) in [5, 5.41) is -6.02. The van der Waals surface area contributed by atoms with Crippen molar-refractivity contribution < 1.29 is 61.5 Å². The molecule has 0 nitrogen and oxygen atoms in total. The van der Waals surface area contributed by atoms with Gasteiger partial charge in [-0.15, -0.1) is 0 Å². The van der Waals surface area contributed by atoms with Crippen LogP contribution in [0.1, 0.15) is 22.3 Å². The Balaban J connectivity index is 1.45. The number of fused-ring (bicyclic) bond motifs is 4. The molecule has 0 atom stereocenters. The summed E-state index contributed by atoms with van der Waals surface area (Å²) < 4.78 is 204. The van der Waals surface area contributed by atoms with Crippen LogP contribution >= 0.6 is 0 Å². The van der Waals surface area contributed by atoms with Crippen molar-refractivity contribution in [1.82, 2.24) is 0 Å². The summed E-state index contributed by atoms with van der Waals surface area (Å²) >= 11 is 0. The highest BCUT2D eigenvalue weighted by molar-refractivity contribution is 6.14. The minimum Gasteiger partial charge on any atom is -0.205 e. The van der Waals surface area contributed by atoms with E-state index in [9.17, 15) is 43.9 Å². The predicted molar refractivity (Wildman–Crippen MR) is 167 cm³/mol. The van der Waals surface area contributed by atoms with Gasteiger partial charge in [-0.25, -0.2) is 61.5 Å². The maximum atomic E-state index is 15.5. The molecule has 7 aromatic rings. The monoisotopic (exact) mass is 734 g/mol. The molecular formula is C38H12F14. The highest BCUT2D eigenvalue weighted by Crippen LogP contribution is 2.40. The molecule has 0 aromatic heterocycles. The molecule has 52 heavy (non-hydrogen) atoms. The van der Waals surface area contributed by atoms with Crippen LogP contribution in [0.4, 0.5) is 61.5 Å². The SMILES string of the molecule is Fc1c(F)c(F)c2c(F)c(C=Cc3c4ccccc4c(C=Cc4c(F)c(F)c5c(F)c(F)c(F)c(F)c5c4F)c4ccccc34)c(F)c(F)c2c1F. The molecule has 0 aliphatic rings. The predicted octanol–water partition coefficient (Wildman–Crippen LogP) is 12.6. The van der Waals surface area contributed by atoms with Crippen LogP contribution in [0.25, 0.3) is 67.4 Å². The largest absolute Gasteiger partial charge is 0.205 e. The molecule has 0 unspecified atom stereocenters. The van der Waals surface area contributed by atoms with Gasteiger partial charge in [0.05, 0.1) is 21.5 Å². The molecular weight excluding hydrogens is 722 g/mol.